The normalized spacial score (nSPS) is 29.9. The summed E-state index contributed by atoms with van der Waals surface area (Å²) in [6, 6.07) is -3.95. The molecular weight excluding hydrogens is 266 g/mol. The first kappa shape index (κ1) is 6.40. The number of H-pyrrole nitrogens is 1. The van der Waals surface area contributed by atoms with Gasteiger partial charge in [-0.1, -0.05) is 6.04 Å². The molecule has 1 aliphatic heterocycles. The quantitative estimate of drug-likeness (QED) is 0.886. The van der Waals surface area contributed by atoms with Crippen LogP contribution in [0.5, 0.6) is 0 Å². The number of hydrogen-bond donors (Lipinski definition) is 2. The number of fused-ring (bicyclic) bond motifs is 1. The Morgan fingerprint density at radius 3 is 3.33 bits per heavy atom. The summed E-state index contributed by atoms with van der Waals surface area (Å²) in [7, 11) is 1.38. The summed E-state index contributed by atoms with van der Waals surface area (Å²) in [6.07, 6.45) is -3.94. The van der Waals surface area contributed by atoms with Gasteiger partial charge in [0, 0.05) is 30.5 Å². The standard InChI is InChI=1S/C16H21N3O2/c1-19(2)6-5-12-9-17-15-4-3-11(8-14(12)15)7-13-10-21-16(20)18-13/h3-4,8-9,13,17H,5-7,10H2,1-2H3,(H,18,20)/t13-/m0/s1/i1D3,3D,4D,7D2,8D,9D,13D. The molecule has 2 aromatic rings. The lowest BCUT2D eigenvalue weighted by Crippen LogP contribution is -2.28. The lowest BCUT2D eigenvalue weighted by molar-refractivity contribution is 0.177. The number of nitrogens with zero attached hydrogens (tertiary/aromatic N) is 1. The van der Waals surface area contributed by atoms with Crippen LogP contribution in [-0.2, 0) is 17.5 Å². The molecule has 1 aromatic heterocycles. The summed E-state index contributed by atoms with van der Waals surface area (Å²) in [6.45, 7) is -3.02. The van der Waals surface area contributed by atoms with E-state index in [0.717, 1.165) is 4.90 Å². The number of rotatable bonds is 5. The van der Waals surface area contributed by atoms with E-state index in [-0.39, 0.29) is 35.6 Å². The van der Waals surface area contributed by atoms with E-state index in [4.69, 9.17) is 13.7 Å². The summed E-state index contributed by atoms with van der Waals surface area (Å²) in [5.41, 5.74) is -0.403. The van der Waals surface area contributed by atoms with E-state index in [1.165, 1.54) is 7.05 Å². The van der Waals surface area contributed by atoms with Gasteiger partial charge in [-0.3, -0.25) is 0 Å². The Morgan fingerprint density at radius 1 is 1.67 bits per heavy atom. The monoisotopic (exact) mass is 297 g/mol. The van der Waals surface area contributed by atoms with Crippen molar-refractivity contribution in [3.8, 4) is 0 Å². The number of benzene rings is 1. The summed E-state index contributed by atoms with van der Waals surface area (Å²) in [4.78, 5) is 15.1. The Hall–Kier alpha value is -2.01. The van der Waals surface area contributed by atoms with Crippen molar-refractivity contribution >= 4 is 17.0 Å². The van der Waals surface area contributed by atoms with E-state index in [2.05, 4.69) is 15.0 Å². The van der Waals surface area contributed by atoms with Gasteiger partial charge in [0.05, 0.1) is 12.9 Å². The molecule has 0 radical (unpaired) electrons. The molecule has 21 heavy (non-hydrogen) atoms. The molecule has 1 atom stereocenters. The van der Waals surface area contributed by atoms with Crippen LogP contribution in [-0.4, -0.2) is 49.2 Å². The molecule has 5 heteroatoms. The van der Waals surface area contributed by atoms with Crippen LogP contribution in [0.1, 0.15) is 24.8 Å². The van der Waals surface area contributed by atoms with Crippen molar-refractivity contribution in [3.63, 3.8) is 0 Å². The summed E-state index contributed by atoms with van der Waals surface area (Å²) in [5, 5.41) is 2.07. The van der Waals surface area contributed by atoms with E-state index in [1.807, 2.05) is 0 Å². The summed E-state index contributed by atoms with van der Waals surface area (Å²) >= 11 is 0. The van der Waals surface area contributed by atoms with Gasteiger partial charge in [0.1, 0.15) is 6.61 Å². The number of ether oxygens (including phenoxy) is 1. The Labute approximate surface area is 138 Å². The molecule has 0 spiro atoms. The van der Waals surface area contributed by atoms with Gasteiger partial charge in [-0.2, -0.15) is 0 Å². The van der Waals surface area contributed by atoms with E-state index < -0.39 is 55.8 Å². The fourth-order valence-corrected chi connectivity index (χ4v) is 2.01. The minimum atomic E-state index is -2.77. The molecule has 1 saturated heterocycles. The van der Waals surface area contributed by atoms with Crippen LogP contribution in [0.25, 0.3) is 10.9 Å². The van der Waals surface area contributed by atoms with Crippen LogP contribution in [0.4, 0.5) is 4.79 Å². The minimum Gasteiger partial charge on any atom is -0.447 e. The second kappa shape index (κ2) is 5.77. The zero-order valence-electron chi connectivity index (χ0n) is 21.4. The lowest BCUT2D eigenvalue weighted by Gasteiger charge is -2.09. The van der Waals surface area contributed by atoms with E-state index in [1.54, 1.807) is 0 Å². The summed E-state index contributed by atoms with van der Waals surface area (Å²) < 4.78 is 85.5. The molecule has 2 N–H and O–H groups in total. The van der Waals surface area contributed by atoms with E-state index in [0.29, 0.717) is 0 Å². The zero-order chi connectivity index (χ0) is 23.5. The molecule has 0 aliphatic carbocycles. The van der Waals surface area contributed by atoms with Crippen LogP contribution < -0.4 is 5.32 Å². The number of aromatic amines is 1. The zero-order valence-corrected chi connectivity index (χ0v) is 11.4. The molecule has 1 aliphatic rings. The number of cyclic esters (lactones) is 1. The second-order valence-electron chi connectivity index (χ2n) is 4.70. The van der Waals surface area contributed by atoms with Gasteiger partial charge in [-0.05, 0) is 50.0 Å². The molecule has 3 rings (SSSR count). The largest absolute Gasteiger partial charge is 0.447 e. The van der Waals surface area contributed by atoms with Gasteiger partial charge in [0.15, 0.2) is 0 Å². The van der Waals surface area contributed by atoms with Crippen LogP contribution in [0.3, 0.4) is 0 Å². The molecule has 0 bridgehead atoms. The van der Waals surface area contributed by atoms with Crippen molar-refractivity contribution in [1.29, 1.82) is 0 Å². The van der Waals surface area contributed by atoms with Crippen molar-refractivity contribution < 1.29 is 23.2 Å². The van der Waals surface area contributed by atoms with Gasteiger partial charge >= 0.3 is 6.09 Å². The average molecular weight is 297 g/mol. The first-order valence-electron chi connectivity index (χ1n) is 11.4. The van der Waals surface area contributed by atoms with Crippen molar-refractivity contribution in [2.75, 3.05) is 27.2 Å². The van der Waals surface area contributed by atoms with Crippen LogP contribution >= 0.6 is 0 Å². The molecular formula is C16H21N3O2. The predicted octanol–water partition coefficient (Wildman–Crippen LogP) is 1.92. The van der Waals surface area contributed by atoms with Crippen molar-refractivity contribution in [2.24, 2.45) is 0 Å². The Bertz CT molecular complexity index is 1050. The number of amides is 1. The number of nitrogens with one attached hydrogen (secondary N) is 2. The second-order valence-corrected chi connectivity index (χ2v) is 4.70. The topological polar surface area (TPSA) is 57.4 Å². The Kier molecular flexibility index (Phi) is 1.76. The smallest absolute Gasteiger partial charge is 0.407 e. The van der Waals surface area contributed by atoms with Gasteiger partial charge in [-0.15, -0.1) is 0 Å². The Morgan fingerprint density at radius 2 is 2.57 bits per heavy atom. The van der Waals surface area contributed by atoms with Crippen molar-refractivity contribution in [1.82, 2.24) is 15.2 Å². The highest BCUT2D eigenvalue weighted by molar-refractivity contribution is 5.84. The number of carbonyl (C=O) groups excluding carboxylic acids is 1. The SMILES string of the molecule is [2H]c1[nH]c2c([2H])c([2H])c(C([2H])([2H])[C@@]3([2H])COC(=O)N3)c([2H])c2c1CCN(C)C([2H])([2H])[2H]. The number of carbonyl (C=O) groups is 1. The molecule has 5 nitrogen and oxygen atoms in total. The number of hydrogen-bond acceptors (Lipinski definition) is 3. The molecule has 2 heterocycles. The maximum atomic E-state index is 11.4. The molecule has 1 amide bonds. The van der Waals surface area contributed by atoms with E-state index in [9.17, 15) is 4.79 Å². The van der Waals surface area contributed by atoms with Gasteiger partial charge < -0.3 is 19.9 Å². The fraction of sp³-hybridized carbons (Fsp3) is 0.438. The molecule has 0 saturated carbocycles. The highest BCUT2D eigenvalue weighted by atomic mass is 16.6. The van der Waals surface area contributed by atoms with Gasteiger partial charge in [0.2, 0.25) is 0 Å². The number of likely N-dealkylation sites (N-methyl/N-ethyl adjacent to an activating group) is 1. The number of alkyl carbamates (subject to hydrolysis) is 1. The van der Waals surface area contributed by atoms with Crippen molar-refractivity contribution in [2.45, 2.75) is 18.8 Å². The molecule has 1 fully saturated rings. The van der Waals surface area contributed by atoms with Crippen LogP contribution in [0.2, 0.25) is 0 Å². The minimum absolute atomic E-state index is 0.000755. The van der Waals surface area contributed by atoms with E-state index >= 15 is 0 Å². The highest BCUT2D eigenvalue weighted by Crippen LogP contribution is 2.21. The van der Waals surface area contributed by atoms with Gasteiger partial charge in [0.25, 0.3) is 0 Å². The van der Waals surface area contributed by atoms with Crippen molar-refractivity contribution in [3.05, 3.63) is 35.4 Å². The predicted molar refractivity (Wildman–Crippen MR) is 82.5 cm³/mol. The third kappa shape index (κ3) is 3.19. The maximum Gasteiger partial charge on any atom is 0.407 e. The average Bonchev–Trinajstić information content (AvgIpc) is 3.17. The van der Waals surface area contributed by atoms with Crippen LogP contribution in [0.15, 0.2) is 24.3 Å². The third-order valence-electron chi connectivity index (χ3n) is 3.03. The molecule has 0 unspecified atom stereocenters. The van der Waals surface area contributed by atoms with Crippen LogP contribution in [0, 0.1) is 0 Å². The first-order valence-corrected chi connectivity index (χ1v) is 6.39. The Balaban J connectivity index is 2.18. The summed E-state index contributed by atoms with van der Waals surface area (Å²) in [5.74, 6) is 0. The fourth-order valence-electron chi connectivity index (χ4n) is 2.01. The molecule has 112 valence electrons. The molecule has 1 aromatic carbocycles. The lowest BCUT2D eigenvalue weighted by atomic mass is 10.0. The maximum absolute atomic E-state index is 11.4. The first-order chi connectivity index (χ1) is 14.1. The third-order valence-corrected chi connectivity index (χ3v) is 3.03. The van der Waals surface area contributed by atoms with Gasteiger partial charge in [-0.25, -0.2) is 4.79 Å². The highest BCUT2D eigenvalue weighted by Gasteiger charge is 2.22. The number of aromatic nitrogens is 1.